The summed E-state index contributed by atoms with van der Waals surface area (Å²) in [6, 6.07) is 0.159. The van der Waals surface area contributed by atoms with E-state index in [1.807, 2.05) is 0 Å². The van der Waals surface area contributed by atoms with Gasteiger partial charge in [-0.15, -0.1) is 0 Å². The molecule has 1 saturated carbocycles. The maximum atomic E-state index is 11.7. The summed E-state index contributed by atoms with van der Waals surface area (Å²) in [6.07, 6.45) is 5.68. The third-order valence-corrected chi connectivity index (χ3v) is 5.53. The van der Waals surface area contributed by atoms with Crippen LogP contribution in [0.3, 0.4) is 0 Å². The third-order valence-electron chi connectivity index (χ3n) is 5.53. The van der Waals surface area contributed by atoms with Crippen LogP contribution in [0.15, 0.2) is 0 Å². The summed E-state index contributed by atoms with van der Waals surface area (Å²) in [5.74, 6) is 0.948. The molecule has 0 aromatic heterocycles. The summed E-state index contributed by atoms with van der Waals surface area (Å²) in [7, 11) is 0. The highest BCUT2D eigenvalue weighted by Gasteiger charge is 2.50. The zero-order valence-corrected chi connectivity index (χ0v) is 11.8. The van der Waals surface area contributed by atoms with Crippen LogP contribution >= 0.6 is 0 Å². The first-order valence-electron chi connectivity index (χ1n) is 7.78. The summed E-state index contributed by atoms with van der Waals surface area (Å²) < 4.78 is 5.52. The molecule has 3 rings (SSSR count). The lowest BCUT2D eigenvalue weighted by Gasteiger charge is -2.35. The van der Waals surface area contributed by atoms with Crippen molar-refractivity contribution in [1.29, 1.82) is 0 Å². The van der Waals surface area contributed by atoms with Gasteiger partial charge in [0.25, 0.3) is 0 Å². The van der Waals surface area contributed by atoms with Gasteiger partial charge in [-0.2, -0.15) is 0 Å². The first-order chi connectivity index (χ1) is 9.22. The van der Waals surface area contributed by atoms with Crippen LogP contribution in [-0.4, -0.2) is 47.8 Å². The van der Waals surface area contributed by atoms with E-state index in [2.05, 4.69) is 11.8 Å². The molecular formula is C15H25NO3. The van der Waals surface area contributed by atoms with Crippen LogP contribution in [0.25, 0.3) is 0 Å². The molecule has 4 heteroatoms. The Kier molecular flexibility index (Phi) is 3.81. The van der Waals surface area contributed by atoms with Crippen LogP contribution < -0.4 is 0 Å². The van der Waals surface area contributed by atoms with Crippen molar-refractivity contribution < 1.29 is 14.6 Å². The van der Waals surface area contributed by atoms with Crippen molar-refractivity contribution in [2.75, 3.05) is 19.8 Å². The summed E-state index contributed by atoms with van der Waals surface area (Å²) in [4.78, 5) is 14.0. The van der Waals surface area contributed by atoms with Gasteiger partial charge in [0.1, 0.15) is 6.04 Å². The highest BCUT2D eigenvalue weighted by atomic mass is 16.5. The van der Waals surface area contributed by atoms with Crippen molar-refractivity contribution in [2.24, 2.45) is 17.8 Å². The van der Waals surface area contributed by atoms with Crippen molar-refractivity contribution in [2.45, 2.75) is 51.1 Å². The van der Waals surface area contributed by atoms with Crippen LogP contribution in [0.2, 0.25) is 0 Å². The second-order valence-electron chi connectivity index (χ2n) is 6.43. The zero-order chi connectivity index (χ0) is 13.4. The van der Waals surface area contributed by atoms with Crippen molar-refractivity contribution in [1.82, 2.24) is 4.90 Å². The number of hydrogen-bond acceptors (Lipinski definition) is 3. The van der Waals surface area contributed by atoms with Gasteiger partial charge < -0.3 is 9.84 Å². The number of likely N-dealkylation sites (tertiary alicyclic amines) is 1. The minimum Gasteiger partial charge on any atom is -0.480 e. The molecule has 0 aromatic carbocycles. The third kappa shape index (κ3) is 2.29. The van der Waals surface area contributed by atoms with Crippen LogP contribution in [0, 0.1) is 17.8 Å². The Hall–Kier alpha value is -0.610. The van der Waals surface area contributed by atoms with Crippen LogP contribution in [0.4, 0.5) is 0 Å². The number of carboxylic acids is 1. The second kappa shape index (κ2) is 5.41. The average molecular weight is 267 g/mol. The van der Waals surface area contributed by atoms with E-state index in [1.165, 1.54) is 12.8 Å². The number of aliphatic carboxylic acids is 1. The van der Waals surface area contributed by atoms with Gasteiger partial charge >= 0.3 is 5.97 Å². The van der Waals surface area contributed by atoms with Gasteiger partial charge in [0.15, 0.2) is 0 Å². The Morgan fingerprint density at radius 1 is 1.42 bits per heavy atom. The average Bonchev–Trinajstić information content (AvgIpc) is 3.03. The zero-order valence-electron chi connectivity index (χ0n) is 11.8. The van der Waals surface area contributed by atoms with Gasteiger partial charge in [0.2, 0.25) is 0 Å². The number of nitrogens with zero attached hydrogens (tertiary/aromatic N) is 1. The lowest BCUT2D eigenvalue weighted by atomic mass is 9.92. The largest absolute Gasteiger partial charge is 0.480 e. The molecule has 5 unspecified atom stereocenters. The summed E-state index contributed by atoms with van der Waals surface area (Å²) in [5, 5.41) is 9.65. The Morgan fingerprint density at radius 2 is 2.26 bits per heavy atom. The number of rotatable bonds is 4. The van der Waals surface area contributed by atoms with Crippen molar-refractivity contribution in [3.63, 3.8) is 0 Å². The highest BCUT2D eigenvalue weighted by molar-refractivity contribution is 5.74. The van der Waals surface area contributed by atoms with Crippen LogP contribution in [0.5, 0.6) is 0 Å². The number of carbonyl (C=O) groups is 1. The predicted octanol–water partition coefficient (Wildman–Crippen LogP) is 1.99. The van der Waals surface area contributed by atoms with Gasteiger partial charge in [0.05, 0.1) is 6.61 Å². The molecule has 5 atom stereocenters. The van der Waals surface area contributed by atoms with Crippen molar-refractivity contribution in [3.8, 4) is 0 Å². The first kappa shape index (κ1) is 13.4. The molecule has 0 bridgehead atoms. The Labute approximate surface area is 115 Å². The van der Waals surface area contributed by atoms with Gasteiger partial charge in [-0.1, -0.05) is 13.3 Å². The molecule has 3 aliphatic rings. The Bertz CT molecular complexity index is 340. The molecular weight excluding hydrogens is 242 g/mol. The molecule has 1 N–H and O–H groups in total. The van der Waals surface area contributed by atoms with E-state index in [-0.39, 0.29) is 6.04 Å². The highest BCUT2D eigenvalue weighted by Crippen LogP contribution is 2.44. The van der Waals surface area contributed by atoms with Gasteiger partial charge in [-0.25, -0.2) is 0 Å². The van der Waals surface area contributed by atoms with Gasteiger partial charge in [-0.3, -0.25) is 9.69 Å². The molecule has 0 spiro atoms. The second-order valence-corrected chi connectivity index (χ2v) is 6.43. The smallest absolute Gasteiger partial charge is 0.321 e. The fraction of sp³-hybridized carbons (Fsp3) is 0.933. The molecule has 2 saturated heterocycles. The molecule has 19 heavy (non-hydrogen) atoms. The topological polar surface area (TPSA) is 49.8 Å². The first-order valence-corrected chi connectivity index (χ1v) is 7.78. The summed E-state index contributed by atoms with van der Waals surface area (Å²) in [6.45, 7) is 4.85. The molecule has 3 fully saturated rings. The van der Waals surface area contributed by atoms with E-state index in [9.17, 15) is 9.90 Å². The maximum absolute atomic E-state index is 11.7. The number of fused-ring (bicyclic) bond motifs is 1. The van der Waals surface area contributed by atoms with Crippen LogP contribution in [0.1, 0.15) is 39.0 Å². The normalized spacial score (nSPS) is 40.5. The lowest BCUT2D eigenvalue weighted by molar-refractivity contribution is -0.145. The minimum atomic E-state index is -0.605. The molecule has 0 aromatic rings. The fourth-order valence-electron chi connectivity index (χ4n) is 4.70. The summed E-state index contributed by atoms with van der Waals surface area (Å²) in [5.41, 5.74) is 0. The van der Waals surface area contributed by atoms with E-state index < -0.39 is 5.97 Å². The fourth-order valence-corrected chi connectivity index (χ4v) is 4.70. The lowest BCUT2D eigenvalue weighted by Crippen LogP contribution is -2.48. The quantitative estimate of drug-likeness (QED) is 0.846. The van der Waals surface area contributed by atoms with Crippen molar-refractivity contribution >= 4 is 5.97 Å². The van der Waals surface area contributed by atoms with Crippen LogP contribution in [-0.2, 0) is 9.53 Å². The molecule has 0 amide bonds. The van der Waals surface area contributed by atoms with E-state index in [0.29, 0.717) is 23.8 Å². The monoisotopic (exact) mass is 267 g/mol. The molecule has 108 valence electrons. The van der Waals surface area contributed by atoms with E-state index >= 15 is 0 Å². The Balaban J connectivity index is 1.79. The number of ether oxygens (including phenoxy) is 1. The predicted molar refractivity (Wildman–Crippen MR) is 72.0 cm³/mol. The summed E-state index contributed by atoms with van der Waals surface area (Å²) >= 11 is 0. The van der Waals surface area contributed by atoms with Crippen molar-refractivity contribution in [3.05, 3.63) is 0 Å². The SMILES string of the molecule is CCC(C1CCOC1)N1CC2CCCC2C1C(=O)O. The minimum absolute atomic E-state index is 0.238. The van der Waals surface area contributed by atoms with Gasteiger partial charge in [-0.05, 0) is 37.5 Å². The molecule has 2 aliphatic heterocycles. The van der Waals surface area contributed by atoms with Gasteiger partial charge in [0, 0.05) is 25.1 Å². The maximum Gasteiger partial charge on any atom is 0.321 e. The van der Waals surface area contributed by atoms with E-state index in [0.717, 1.165) is 39.0 Å². The number of hydrogen-bond donors (Lipinski definition) is 1. The standard InChI is InChI=1S/C15H25NO3/c1-2-13(11-6-7-19-9-11)16-8-10-4-3-5-12(10)14(16)15(17)18/h10-14H,2-9H2,1H3,(H,17,18). The van der Waals surface area contributed by atoms with E-state index in [4.69, 9.17) is 4.74 Å². The molecule has 1 aliphatic carbocycles. The molecule has 4 nitrogen and oxygen atoms in total. The molecule has 0 radical (unpaired) electrons. The Morgan fingerprint density at radius 3 is 2.89 bits per heavy atom. The van der Waals surface area contributed by atoms with E-state index in [1.54, 1.807) is 0 Å². The molecule has 2 heterocycles. The number of carboxylic acid groups (broad SMARTS) is 1.